The van der Waals surface area contributed by atoms with Crippen LogP contribution < -0.4 is 10.1 Å². The Bertz CT molecular complexity index is 1180. The highest BCUT2D eigenvalue weighted by molar-refractivity contribution is 6.30. The normalized spacial score (nSPS) is 10.9. The molecule has 146 valence electrons. The van der Waals surface area contributed by atoms with Gasteiger partial charge in [0.2, 0.25) is 5.91 Å². The van der Waals surface area contributed by atoms with Crippen LogP contribution in [0.15, 0.2) is 72.9 Å². The summed E-state index contributed by atoms with van der Waals surface area (Å²) in [5, 5.41) is 5.19. The van der Waals surface area contributed by atoms with Crippen LogP contribution in [-0.2, 0) is 6.54 Å². The number of fused-ring (bicyclic) bond motifs is 1. The van der Waals surface area contributed by atoms with Gasteiger partial charge in [-0.15, -0.1) is 0 Å². The van der Waals surface area contributed by atoms with E-state index in [1.807, 2.05) is 54.7 Å². The monoisotopic (exact) mass is 404 g/mol. The Hall–Kier alpha value is -3.24. The van der Waals surface area contributed by atoms with Gasteiger partial charge in [-0.2, -0.15) is 0 Å². The Morgan fingerprint density at radius 2 is 1.83 bits per heavy atom. The number of hydrogen-bond acceptors (Lipinski definition) is 3. The zero-order valence-electron chi connectivity index (χ0n) is 16.3. The maximum absolute atomic E-state index is 12.0. The topological polar surface area (TPSA) is 43.3 Å². The van der Waals surface area contributed by atoms with Gasteiger partial charge in [-0.05, 0) is 61.0 Å². The van der Waals surface area contributed by atoms with Gasteiger partial charge >= 0.3 is 0 Å². The fraction of sp³-hybridized carbons (Fsp3) is 0.125. The summed E-state index contributed by atoms with van der Waals surface area (Å²) >= 11 is 5.95. The van der Waals surface area contributed by atoms with Crippen LogP contribution in [0.3, 0.4) is 0 Å². The van der Waals surface area contributed by atoms with Crippen LogP contribution in [0.4, 0.5) is 5.69 Å². The summed E-state index contributed by atoms with van der Waals surface area (Å²) in [7, 11) is 0. The largest absolute Gasteiger partial charge is 0.455 e. The Morgan fingerprint density at radius 3 is 2.59 bits per heavy atom. The van der Waals surface area contributed by atoms with Gasteiger partial charge in [0.25, 0.3) is 0 Å². The molecule has 0 bridgehead atoms. The number of ether oxygens (including phenoxy) is 1. The fourth-order valence-electron chi connectivity index (χ4n) is 3.34. The highest BCUT2D eigenvalue weighted by Gasteiger charge is 2.12. The minimum atomic E-state index is -0.00317. The number of para-hydroxylation sites is 2. The second-order valence-corrected chi connectivity index (χ2v) is 7.41. The predicted octanol–water partition coefficient (Wildman–Crippen LogP) is 6.67. The molecule has 3 aromatic carbocycles. The lowest BCUT2D eigenvalue weighted by atomic mass is 10.1. The zero-order valence-corrected chi connectivity index (χ0v) is 17.0. The van der Waals surface area contributed by atoms with Crippen LogP contribution in [0.1, 0.15) is 22.8 Å². The summed E-state index contributed by atoms with van der Waals surface area (Å²) in [5.74, 6) is 1.44. The van der Waals surface area contributed by atoms with Crippen molar-refractivity contribution in [3.63, 3.8) is 0 Å². The molecule has 4 aromatic rings. The molecule has 0 aliphatic carbocycles. The molecule has 1 heterocycles. The highest BCUT2D eigenvalue weighted by Crippen LogP contribution is 2.31. The van der Waals surface area contributed by atoms with Gasteiger partial charge in [0.15, 0.2) is 5.75 Å². The van der Waals surface area contributed by atoms with Crippen molar-refractivity contribution in [3.05, 3.63) is 89.1 Å². The van der Waals surface area contributed by atoms with Gasteiger partial charge in [-0.25, -0.2) is 0 Å². The van der Waals surface area contributed by atoms with Crippen LogP contribution in [-0.4, -0.2) is 10.5 Å². The Morgan fingerprint density at radius 1 is 1.07 bits per heavy atom. The first-order valence-corrected chi connectivity index (χ1v) is 9.77. The smallest absolute Gasteiger partial charge is 0.227 e. The van der Waals surface area contributed by atoms with Gasteiger partial charge in [0.1, 0.15) is 5.75 Å². The number of aromatic nitrogens is 1. The Kier molecular flexibility index (Phi) is 5.28. The second-order valence-electron chi connectivity index (χ2n) is 6.97. The van der Waals surface area contributed by atoms with Gasteiger partial charge in [-0.3, -0.25) is 9.36 Å². The summed E-state index contributed by atoms with van der Waals surface area (Å²) in [4.78, 5) is 12.0. The van der Waals surface area contributed by atoms with Crippen molar-refractivity contribution >= 4 is 34.1 Å². The van der Waals surface area contributed by atoms with Crippen LogP contribution in [0.5, 0.6) is 11.5 Å². The van der Waals surface area contributed by atoms with Crippen molar-refractivity contribution in [1.29, 1.82) is 0 Å². The van der Waals surface area contributed by atoms with Crippen molar-refractivity contribution in [2.75, 3.05) is 5.32 Å². The number of rotatable bonds is 5. The van der Waals surface area contributed by atoms with E-state index in [2.05, 4.69) is 18.3 Å². The molecule has 0 fully saturated rings. The van der Waals surface area contributed by atoms with E-state index in [9.17, 15) is 4.79 Å². The van der Waals surface area contributed by atoms with E-state index in [1.54, 1.807) is 23.6 Å². The van der Waals surface area contributed by atoms with Crippen molar-refractivity contribution in [2.45, 2.75) is 20.4 Å². The maximum atomic E-state index is 12.0. The summed E-state index contributed by atoms with van der Waals surface area (Å²) < 4.78 is 7.72. The number of hydrogen-bond donors (Lipinski definition) is 1. The molecule has 1 aromatic heterocycles. The van der Waals surface area contributed by atoms with Gasteiger partial charge < -0.3 is 10.1 Å². The number of carbonyl (C=O) groups excluding carboxylic acids is 1. The molecule has 0 amide bonds. The standard InChI is InChI=1S/C24H21ClN2O2/c1-16-7-12-23-21(13-16)18(15-27(23)17(2)28)14-26-22-5-3-4-6-24(22)29-20-10-8-19(25)9-11-20/h3-13,15,26H,14H2,1-2H3. The van der Waals surface area contributed by atoms with E-state index in [0.29, 0.717) is 17.3 Å². The van der Waals surface area contributed by atoms with E-state index in [4.69, 9.17) is 16.3 Å². The molecule has 1 N–H and O–H groups in total. The molecule has 0 aliphatic rings. The number of halogens is 1. The quantitative estimate of drug-likeness (QED) is 0.404. The van der Waals surface area contributed by atoms with E-state index >= 15 is 0 Å². The zero-order chi connectivity index (χ0) is 20.4. The Balaban J connectivity index is 1.61. The Labute approximate surface area is 174 Å². The first kappa shape index (κ1) is 19.1. The first-order valence-electron chi connectivity index (χ1n) is 9.39. The van der Waals surface area contributed by atoms with Crippen molar-refractivity contribution in [3.8, 4) is 11.5 Å². The molecular formula is C24H21ClN2O2. The molecule has 0 spiro atoms. The molecule has 0 unspecified atom stereocenters. The van der Waals surface area contributed by atoms with Crippen molar-refractivity contribution in [2.24, 2.45) is 0 Å². The number of anilines is 1. The molecule has 4 nitrogen and oxygen atoms in total. The summed E-state index contributed by atoms with van der Waals surface area (Å²) in [6, 6.07) is 21.2. The number of carbonyl (C=O) groups is 1. The van der Waals surface area contributed by atoms with E-state index in [-0.39, 0.29) is 5.91 Å². The molecule has 5 heteroatoms. The number of nitrogens with zero attached hydrogens (tertiary/aromatic N) is 1. The summed E-state index contributed by atoms with van der Waals surface area (Å²) in [6.07, 6.45) is 1.90. The molecule has 0 radical (unpaired) electrons. The van der Waals surface area contributed by atoms with Crippen LogP contribution in [0, 0.1) is 6.92 Å². The van der Waals surface area contributed by atoms with Crippen LogP contribution in [0.2, 0.25) is 5.02 Å². The molecule has 0 aliphatic heterocycles. The average Bonchev–Trinajstić information content (AvgIpc) is 3.07. The van der Waals surface area contributed by atoms with E-state index in [1.165, 1.54) is 0 Å². The van der Waals surface area contributed by atoms with Gasteiger partial charge in [0, 0.05) is 30.1 Å². The van der Waals surface area contributed by atoms with Crippen LogP contribution >= 0.6 is 11.6 Å². The van der Waals surface area contributed by atoms with E-state index in [0.717, 1.165) is 33.5 Å². The third-order valence-corrected chi connectivity index (χ3v) is 5.03. The molecular weight excluding hydrogens is 384 g/mol. The third kappa shape index (κ3) is 4.13. The lowest BCUT2D eigenvalue weighted by Crippen LogP contribution is -2.04. The third-order valence-electron chi connectivity index (χ3n) is 4.78. The number of benzene rings is 3. The average molecular weight is 405 g/mol. The highest BCUT2D eigenvalue weighted by atomic mass is 35.5. The van der Waals surface area contributed by atoms with Gasteiger partial charge in [-0.1, -0.05) is 35.4 Å². The lowest BCUT2D eigenvalue weighted by molar-refractivity contribution is 0.0941. The number of nitrogens with one attached hydrogen (secondary N) is 1. The minimum absolute atomic E-state index is 0.00317. The maximum Gasteiger partial charge on any atom is 0.227 e. The van der Waals surface area contributed by atoms with Crippen LogP contribution in [0.25, 0.3) is 10.9 Å². The second kappa shape index (κ2) is 8.02. The van der Waals surface area contributed by atoms with Gasteiger partial charge in [0.05, 0.1) is 11.2 Å². The van der Waals surface area contributed by atoms with E-state index < -0.39 is 0 Å². The SMILES string of the molecule is CC(=O)n1cc(CNc2ccccc2Oc2ccc(Cl)cc2)c2cc(C)ccc21. The molecule has 0 atom stereocenters. The van der Waals surface area contributed by atoms with Crippen molar-refractivity contribution < 1.29 is 9.53 Å². The first-order chi connectivity index (χ1) is 14.0. The summed E-state index contributed by atoms with van der Waals surface area (Å²) in [5.41, 5.74) is 4.01. The number of aryl methyl sites for hydroxylation is 1. The molecule has 0 saturated heterocycles. The predicted molar refractivity (Wildman–Crippen MR) is 118 cm³/mol. The van der Waals surface area contributed by atoms with Crippen molar-refractivity contribution in [1.82, 2.24) is 4.57 Å². The minimum Gasteiger partial charge on any atom is -0.455 e. The molecule has 4 rings (SSSR count). The lowest BCUT2D eigenvalue weighted by Gasteiger charge is -2.13. The molecule has 29 heavy (non-hydrogen) atoms. The summed E-state index contributed by atoms with van der Waals surface area (Å²) in [6.45, 7) is 4.20. The fourth-order valence-corrected chi connectivity index (χ4v) is 3.46. The molecule has 0 saturated carbocycles.